The molecule has 0 aliphatic rings. The Balaban J connectivity index is 1.79. The Morgan fingerprint density at radius 2 is 2.00 bits per heavy atom. The lowest BCUT2D eigenvalue weighted by Crippen LogP contribution is -2.07. The smallest absolute Gasteiger partial charge is 0.322 e. The van der Waals surface area contributed by atoms with E-state index in [2.05, 4.69) is 15.5 Å². The molecule has 3 rings (SSSR count). The predicted octanol–water partition coefficient (Wildman–Crippen LogP) is 2.85. The topological polar surface area (TPSA) is 102 Å². The maximum atomic E-state index is 11.9. The fourth-order valence-electron chi connectivity index (χ4n) is 2.04. The molecule has 1 N–H and O–H groups in total. The number of hydrogen-bond acceptors (Lipinski definition) is 7. The summed E-state index contributed by atoms with van der Waals surface area (Å²) in [4.78, 5) is 12.9. The van der Waals surface area contributed by atoms with Gasteiger partial charge in [0, 0.05) is 17.2 Å². The molecular weight excluding hydrogens is 362 g/mol. The maximum absolute atomic E-state index is 11.9. The van der Waals surface area contributed by atoms with Crippen molar-refractivity contribution in [2.45, 2.75) is 4.90 Å². The highest BCUT2D eigenvalue weighted by molar-refractivity contribution is 7.90. The summed E-state index contributed by atoms with van der Waals surface area (Å²) < 4.78 is 29.0. The van der Waals surface area contributed by atoms with Crippen molar-refractivity contribution in [3.05, 3.63) is 52.7 Å². The summed E-state index contributed by atoms with van der Waals surface area (Å²) in [6.07, 6.45) is 4.11. The number of sulfone groups is 1. The predicted molar refractivity (Wildman–Crippen MR) is 94.8 cm³/mol. The largest absolute Gasteiger partial charge is 0.403 e. The summed E-state index contributed by atoms with van der Waals surface area (Å²) in [6, 6.07) is 9.93. The molecule has 25 heavy (non-hydrogen) atoms. The lowest BCUT2D eigenvalue weighted by molar-refractivity contribution is -0.112. The monoisotopic (exact) mass is 375 g/mol. The number of hydrogen-bond donors (Lipinski definition) is 1. The Morgan fingerprint density at radius 3 is 2.72 bits per heavy atom. The van der Waals surface area contributed by atoms with Gasteiger partial charge in [-0.2, -0.15) is 0 Å². The molecule has 0 saturated heterocycles. The van der Waals surface area contributed by atoms with Crippen molar-refractivity contribution in [1.29, 1.82) is 0 Å². The van der Waals surface area contributed by atoms with E-state index in [-0.39, 0.29) is 22.4 Å². The Hall–Kier alpha value is -2.78. The van der Waals surface area contributed by atoms with Crippen LogP contribution in [0.15, 0.2) is 57.2 Å². The fourth-order valence-corrected chi connectivity index (χ4v) is 3.54. The fraction of sp³-hybridized carbons (Fsp3) is 0.0625. The highest BCUT2D eigenvalue weighted by Crippen LogP contribution is 2.27. The third-order valence-electron chi connectivity index (χ3n) is 3.11. The molecule has 0 bridgehead atoms. The molecule has 128 valence electrons. The first-order valence-electron chi connectivity index (χ1n) is 7.09. The summed E-state index contributed by atoms with van der Waals surface area (Å²) in [5, 5.41) is 11.9. The highest BCUT2D eigenvalue weighted by atomic mass is 32.2. The van der Waals surface area contributed by atoms with Gasteiger partial charge in [-0.3, -0.25) is 10.1 Å². The normalized spacial score (nSPS) is 11.7. The second kappa shape index (κ2) is 6.99. The van der Waals surface area contributed by atoms with Crippen molar-refractivity contribution >= 4 is 39.2 Å². The first-order chi connectivity index (χ1) is 11.9. The summed E-state index contributed by atoms with van der Waals surface area (Å²) in [7, 11) is -3.45. The number of aromatic nitrogens is 2. The van der Waals surface area contributed by atoms with Crippen molar-refractivity contribution in [3.63, 3.8) is 0 Å². The van der Waals surface area contributed by atoms with Crippen LogP contribution in [0.4, 0.5) is 6.01 Å². The van der Waals surface area contributed by atoms with Crippen LogP contribution in [0.25, 0.3) is 17.5 Å². The molecule has 0 aliphatic heterocycles. The average molecular weight is 375 g/mol. The molecule has 2 heterocycles. The Morgan fingerprint density at radius 1 is 1.20 bits per heavy atom. The van der Waals surface area contributed by atoms with Gasteiger partial charge in [-0.1, -0.05) is 23.3 Å². The quantitative estimate of drug-likeness (QED) is 0.688. The molecular formula is C16H13N3O4S2. The molecule has 7 nitrogen and oxygen atoms in total. The van der Waals surface area contributed by atoms with Crippen molar-refractivity contribution in [2.75, 3.05) is 11.6 Å². The molecule has 0 unspecified atom stereocenters. The van der Waals surface area contributed by atoms with E-state index in [1.54, 1.807) is 24.3 Å². The molecule has 9 heteroatoms. The molecule has 3 aromatic rings. The summed E-state index contributed by atoms with van der Waals surface area (Å²) in [6.45, 7) is 0. The Kier molecular flexibility index (Phi) is 4.77. The lowest BCUT2D eigenvalue weighted by atomic mass is 10.2. The standard InChI is InChI=1S/C16H13N3O4S2/c1-25(21,22)13-7-3-2-6-12(13)15-18-19-16(23-15)17-14(20)9-8-11-5-4-10-24-11/h2-10H,1H3,(H,17,19,20). The van der Waals surface area contributed by atoms with E-state index < -0.39 is 15.7 Å². The number of carbonyl (C=O) groups is 1. The van der Waals surface area contributed by atoms with Crippen LogP contribution in [0, 0.1) is 0 Å². The average Bonchev–Trinajstić information content (AvgIpc) is 3.24. The molecule has 0 fully saturated rings. The van der Waals surface area contributed by atoms with E-state index in [4.69, 9.17) is 4.42 Å². The maximum Gasteiger partial charge on any atom is 0.322 e. The summed E-state index contributed by atoms with van der Waals surface area (Å²) in [5.41, 5.74) is 0.284. The summed E-state index contributed by atoms with van der Waals surface area (Å²) >= 11 is 1.50. The van der Waals surface area contributed by atoms with Crippen LogP contribution in [0.5, 0.6) is 0 Å². The number of nitrogens with one attached hydrogen (secondary N) is 1. The third kappa shape index (κ3) is 4.20. The number of amides is 1. The van der Waals surface area contributed by atoms with Gasteiger partial charge >= 0.3 is 6.01 Å². The van der Waals surface area contributed by atoms with Gasteiger partial charge in [0.25, 0.3) is 11.8 Å². The second-order valence-corrected chi connectivity index (χ2v) is 7.98. The molecule has 1 aromatic carbocycles. The minimum absolute atomic E-state index is 0.0126. The van der Waals surface area contributed by atoms with Gasteiger partial charge in [0.05, 0.1) is 10.5 Å². The number of rotatable bonds is 5. The third-order valence-corrected chi connectivity index (χ3v) is 5.11. The molecule has 0 spiro atoms. The number of thiophene rings is 1. The molecule has 0 aliphatic carbocycles. The summed E-state index contributed by atoms with van der Waals surface area (Å²) in [5.74, 6) is -0.418. The minimum atomic E-state index is -3.45. The van der Waals surface area contributed by atoms with Crippen LogP contribution >= 0.6 is 11.3 Å². The van der Waals surface area contributed by atoms with Gasteiger partial charge in [0.2, 0.25) is 0 Å². The molecule has 0 atom stereocenters. The molecule has 0 radical (unpaired) electrons. The van der Waals surface area contributed by atoms with E-state index in [0.29, 0.717) is 0 Å². The van der Waals surface area contributed by atoms with Crippen molar-refractivity contribution in [3.8, 4) is 11.5 Å². The zero-order chi connectivity index (χ0) is 17.9. The Labute approximate surface area is 147 Å². The van der Waals surface area contributed by atoms with Crippen LogP contribution in [0.3, 0.4) is 0 Å². The van der Waals surface area contributed by atoms with Crippen LogP contribution < -0.4 is 5.32 Å². The van der Waals surface area contributed by atoms with Gasteiger partial charge < -0.3 is 4.42 Å². The number of nitrogens with zero attached hydrogens (tertiary/aromatic N) is 2. The molecule has 0 saturated carbocycles. The van der Waals surface area contributed by atoms with Crippen molar-refractivity contribution < 1.29 is 17.6 Å². The highest BCUT2D eigenvalue weighted by Gasteiger charge is 2.18. The van der Waals surface area contributed by atoms with Gasteiger partial charge in [-0.05, 0) is 29.7 Å². The van der Waals surface area contributed by atoms with Crippen molar-refractivity contribution in [2.24, 2.45) is 0 Å². The molecule has 2 aromatic heterocycles. The lowest BCUT2D eigenvalue weighted by Gasteiger charge is -2.03. The van der Waals surface area contributed by atoms with Gasteiger partial charge in [-0.15, -0.1) is 16.4 Å². The first kappa shape index (κ1) is 17.1. The Bertz CT molecular complexity index is 1020. The zero-order valence-electron chi connectivity index (χ0n) is 13.0. The van der Waals surface area contributed by atoms with E-state index >= 15 is 0 Å². The van der Waals surface area contributed by atoms with Gasteiger partial charge in [0.15, 0.2) is 9.84 Å². The van der Waals surface area contributed by atoms with Crippen molar-refractivity contribution in [1.82, 2.24) is 10.2 Å². The van der Waals surface area contributed by atoms with Crippen LogP contribution in [0.2, 0.25) is 0 Å². The number of carbonyl (C=O) groups excluding carboxylic acids is 1. The minimum Gasteiger partial charge on any atom is -0.403 e. The van der Waals surface area contributed by atoms with Gasteiger partial charge in [-0.25, -0.2) is 8.42 Å². The van der Waals surface area contributed by atoms with E-state index in [1.165, 1.54) is 23.5 Å². The SMILES string of the molecule is CS(=O)(=O)c1ccccc1-c1nnc(NC(=O)C=Cc2cccs2)o1. The van der Waals surface area contributed by atoms with E-state index in [1.807, 2.05) is 17.5 Å². The first-order valence-corrected chi connectivity index (χ1v) is 9.86. The molecule has 1 amide bonds. The van der Waals surface area contributed by atoms with E-state index in [9.17, 15) is 13.2 Å². The number of benzene rings is 1. The van der Waals surface area contributed by atoms with Crippen LogP contribution in [-0.4, -0.2) is 30.8 Å². The van der Waals surface area contributed by atoms with E-state index in [0.717, 1.165) is 11.1 Å². The zero-order valence-corrected chi connectivity index (χ0v) is 14.7. The number of anilines is 1. The van der Waals surface area contributed by atoms with Crippen LogP contribution in [-0.2, 0) is 14.6 Å². The van der Waals surface area contributed by atoms with Gasteiger partial charge in [0.1, 0.15) is 0 Å². The second-order valence-electron chi connectivity index (χ2n) is 5.02. The van der Waals surface area contributed by atoms with Crippen LogP contribution in [0.1, 0.15) is 4.88 Å².